The van der Waals surface area contributed by atoms with Crippen LogP contribution in [-0.2, 0) is 11.3 Å². The van der Waals surface area contributed by atoms with E-state index in [-0.39, 0.29) is 17.9 Å². The van der Waals surface area contributed by atoms with Crippen molar-refractivity contribution in [1.29, 1.82) is 0 Å². The average Bonchev–Trinajstić information content (AvgIpc) is 2.90. The van der Waals surface area contributed by atoms with E-state index in [4.69, 9.17) is 0 Å². The van der Waals surface area contributed by atoms with Crippen molar-refractivity contribution in [2.75, 3.05) is 0 Å². The highest BCUT2D eigenvalue weighted by atomic mass is 16.1. The minimum absolute atomic E-state index is 0.0342. The molecule has 0 saturated heterocycles. The molecule has 1 aromatic heterocycles. The van der Waals surface area contributed by atoms with Crippen LogP contribution in [0.3, 0.4) is 0 Å². The lowest BCUT2D eigenvalue weighted by Crippen LogP contribution is -2.23. The van der Waals surface area contributed by atoms with Crippen LogP contribution < -0.4 is 5.56 Å². The Morgan fingerprint density at radius 3 is 2.86 bits per heavy atom. The fraction of sp³-hybridized carbons (Fsp3) is 0.500. The fourth-order valence-corrected chi connectivity index (χ4v) is 1.40. The van der Waals surface area contributed by atoms with Gasteiger partial charge in [-0.05, 0) is 19.8 Å². The summed E-state index contributed by atoms with van der Waals surface area (Å²) in [5.74, 6) is 0.447. The molecular weight excluding hydrogens is 180 g/mol. The monoisotopic (exact) mass is 192 g/mol. The normalized spacial score (nSPS) is 15.5. The van der Waals surface area contributed by atoms with Gasteiger partial charge in [-0.15, -0.1) is 0 Å². The predicted octanol–water partition coefficient (Wildman–Crippen LogP) is 0.710. The van der Waals surface area contributed by atoms with Crippen molar-refractivity contribution in [3.63, 3.8) is 0 Å². The van der Waals surface area contributed by atoms with Crippen molar-refractivity contribution in [2.24, 2.45) is 0 Å². The number of hydrogen-bond donors (Lipinski definition) is 0. The first-order valence-corrected chi connectivity index (χ1v) is 4.72. The number of carbonyl (C=O) groups is 1. The van der Waals surface area contributed by atoms with E-state index >= 15 is 0 Å². The predicted molar refractivity (Wildman–Crippen MR) is 51.2 cm³/mol. The van der Waals surface area contributed by atoms with Crippen LogP contribution in [0.25, 0.3) is 0 Å². The third-order valence-corrected chi connectivity index (χ3v) is 2.29. The molecule has 1 heterocycles. The Morgan fingerprint density at radius 2 is 2.36 bits per heavy atom. The molecule has 0 aromatic carbocycles. The van der Waals surface area contributed by atoms with Gasteiger partial charge in [-0.25, -0.2) is 4.98 Å². The summed E-state index contributed by atoms with van der Waals surface area (Å²) in [5, 5.41) is 0. The maximum absolute atomic E-state index is 11.5. The Kier molecular flexibility index (Phi) is 2.19. The van der Waals surface area contributed by atoms with Gasteiger partial charge in [0.25, 0.3) is 5.56 Å². The Morgan fingerprint density at radius 1 is 1.64 bits per heavy atom. The summed E-state index contributed by atoms with van der Waals surface area (Å²) in [7, 11) is 0. The molecule has 4 nitrogen and oxygen atoms in total. The number of aromatic nitrogens is 2. The lowest BCUT2D eigenvalue weighted by molar-refractivity contribution is -0.117. The SMILES string of the molecule is CC(=O)Cn1cnc(C2CC2)cc1=O. The second-order valence-corrected chi connectivity index (χ2v) is 3.76. The van der Waals surface area contributed by atoms with Crippen LogP contribution in [0.1, 0.15) is 31.4 Å². The van der Waals surface area contributed by atoms with E-state index in [9.17, 15) is 9.59 Å². The molecule has 0 N–H and O–H groups in total. The lowest BCUT2D eigenvalue weighted by atomic mass is 10.3. The van der Waals surface area contributed by atoms with E-state index in [1.807, 2.05) is 0 Å². The van der Waals surface area contributed by atoms with Gasteiger partial charge in [0.1, 0.15) is 5.78 Å². The number of nitrogens with zero attached hydrogens (tertiary/aromatic N) is 2. The molecule has 0 bridgehead atoms. The van der Waals surface area contributed by atoms with Crippen LogP contribution in [0.15, 0.2) is 17.2 Å². The first-order valence-electron chi connectivity index (χ1n) is 4.72. The highest BCUT2D eigenvalue weighted by Crippen LogP contribution is 2.38. The van der Waals surface area contributed by atoms with E-state index in [1.165, 1.54) is 17.8 Å². The van der Waals surface area contributed by atoms with E-state index in [2.05, 4.69) is 4.98 Å². The molecule has 4 heteroatoms. The molecule has 14 heavy (non-hydrogen) atoms. The Hall–Kier alpha value is -1.45. The van der Waals surface area contributed by atoms with E-state index in [0.29, 0.717) is 5.92 Å². The number of ketones is 1. The summed E-state index contributed by atoms with van der Waals surface area (Å²) in [6.07, 6.45) is 3.73. The molecule has 0 aliphatic heterocycles. The zero-order valence-corrected chi connectivity index (χ0v) is 8.06. The average molecular weight is 192 g/mol. The van der Waals surface area contributed by atoms with Crippen LogP contribution in [0.2, 0.25) is 0 Å². The van der Waals surface area contributed by atoms with Crippen LogP contribution in [0, 0.1) is 0 Å². The third kappa shape index (κ3) is 1.89. The van der Waals surface area contributed by atoms with E-state index in [1.54, 1.807) is 6.07 Å². The third-order valence-electron chi connectivity index (χ3n) is 2.29. The molecule has 1 aromatic rings. The fourth-order valence-electron chi connectivity index (χ4n) is 1.40. The van der Waals surface area contributed by atoms with Gasteiger partial charge in [0, 0.05) is 12.0 Å². The minimum Gasteiger partial charge on any atom is -0.298 e. The second-order valence-electron chi connectivity index (χ2n) is 3.76. The topological polar surface area (TPSA) is 52.0 Å². The summed E-state index contributed by atoms with van der Waals surface area (Å²) >= 11 is 0. The summed E-state index contributed by atoms with van der Waals surface area (Å²) < 4.78 is 1.34. The molecule has 2 rings (SSSR count). The quantitative estimate of drug-likeness (QED) is 0.708. The lowest BCUT2D eigenvalue weighted by Gasteiger charge is -2.02. The molecule has 0 spiro atoms. The van der Waals surface area contributed by atoms with E-state index < -0.39 is 0 Å². The summed E-state index contributed by atoms with van der Waals surface area (Å²) in [5.41, 5.74) is 0.743. The highest BCUT2D eigenvalue weighted by Gasteiger charge is 2.25. The van der Waals surface area contributed by atoms with Crippen molar-refractivity contribution in [1.82, 2.24) is 9.55 Å². The number of rotatable bonds is 3. The minimum atomic E-state index is -0.128. The number of hydrogen-bond acceptors (Lipinski definition) is 3. The highest BCUT2D eigenvalue weighted by molar-refractivity contribution is 5.75. The molecule has 0 radical (unpaired) electrons. The van der Waals surface area contributed by atoms with Gasteiger partial charge < -0.3 is 0 Å². The van der Waals surface area contributed by atoms with Gasteiger partial charge in [-0.2, -0.15) is 0 Å². The second kappa shape index (κ2) is 3.36. The van der Waals surface area contributed by atoms with Crippen LogP contribution in [0.5, 0.6) is 0 Å². The van der Waals surface area contributed by atoms with Crippen molar-refractivity contribution < 1.29 is 4.79 Å². The van der Waals surface area contributed by atoms with Gasteiger partial charge in [0.15, 0.2) is 0 Å². The van der Waals surface area contributed by atoms with Crippen LogP contribution in [-0.4, -0.2) is 15.3 Å². The number of Topliss-reactive ketones (excluding diaryl/α,β-unsaturated/α-hetero) is 1. The number of carbonyl (C=O) groups excluding carboxylic acids is 1. The van der Waals surface area contributed by atoms with Gasteiger partial charge >= 0.3 is 0 Å². The maximum atomic E-state index is 11.5. The molecule has 0 amide bonds. The van der Waals surface area contributed by atoms with Crippen molar-refractivity contribution in [2.45, 2.75) is 32.2 Å². The molecule has 1 aliphatic carbocycles. The molecule has 0 unspecified atom stereocenters. The zero-order chi connectivity index (χ0) is 10.1. The Balaban J connectivity index is 2.26. The van der Waals surface area contributed by atoms with Gasteiger partial charge in [0.2, 0.25) is 0 Å². The molecule has 0 atom stereocenters. The zero-order valence-electron chi connectivity index (χ0n) is 8.06. The Labute approximate surface area is 81.6 Å². The summed E-state index contributed by atoms with van der Waals surface area (Å²) in [6.45, 7) is 1.58. The largest absolute Gasteiger partial charge is 0.298 e. The molecule has 1 fully saturated rings. The van der Waals surface area contributed by atoms with E-state index in [0.717, 1.165) is 18.5 Å². The Bertz CT molecular complexity index is 418. The molecule has 1 aliphatic rings. The van der Waals surface area contributed by atoms with Crippen molar-refractivity contribution >= 4 is 5.78 Å². The molecule has 74 valence electrons. The summed E-state index contributed by atoms with van der Waals surface area (Å²) in [6, 6.07) is 1.54. The molecule has 1 saturated carbocycles. The first-order chi connectivity index (χ1) is 6.66. The van der Waals surface area contributed by atoms with Crippen molar-refractivity contribution in [3.05, 3.63) is 28.4 Å². The standard InChI is InChI=1S/C10H12N2O2/c1-7(13)5-12-6-11-9(4-10(12)14)8-2-3-8/h4,6,8H,2-3,5H2,1H3. The molecular formula is C10H12N2O2. The smallest absolute Gasteiger partial charge is 0.253 e. The maximum Gasteiger partial charge on any atom is 0.253 e. The van der Waals surface area contributed by atoms with Crippen LogP contribution >= 0.6 is 0 Å². The first kappa shape index (κ1) is 9.12. The van der Waals surface area contributed by atoms with Gasteiger partial charge in [-0.1, -0.05) is 0 Å². The summed E-state index contributed by atoms with van der Waals surface area (Å²) in [4.78, 5) is 26.5. The van der Waals surface area contributed by atoms with Gasteiger partial charge in [-0.3, -0.25) is 14.2 Å². The van der Waals surface area contributed by atoms with Crippen molar-refractivity contribution in [3.8, 4) is 0 Å². The van der Waals surface area contributed by atoms with Crippen LogP contribution in [0.4, 0.5) is 0 Å². The van der Waals surface area contributed by atoms with Gasteiger partial charge in [0.05, 0.1) is 18.6 Å².